The van der Waals surface area contributed by atoms with Crippen molar-refractivity contribution in [2.75, 3.05) is 0 Å². The topological polar surface area (TPSA) is 53.1 Å². The number of nitrogens with one attached hydrogen (secondary N) is 1. The summed E-state index contributed by atoms with van der Waals surface area (Å²) in [6, 6.07) is 7.17. The summed E-state index contributed by atoms with van der Waals surface area (Å²) in [6.45, 7) is 1.87. The molecule has 1 heterocycles. The molecule has 0 aliphatic carbocycles. The first-order chi connectivity index (χ1) is 6.70. The molecule has 3 nitrogen and oxygen atoms in total. The van der Waals surface area contributed by atoms with Gasteiger partial charge in [-0.2, -0.15) is 0 Å². The number of aromatic nitrogens is 1. The molecule has 0 radical (unpaired) electrons. The van der Waals surface area contributed by atoms with Gasteiger partial charge in [0.05, 0.1) is 6.61 Å². The molecule has 0 aliphatic heterocycles. The molecule has 0 spiro atoms. The van der Waals surface area contributed by atoms with Gasteiger partial charge >= 0.3 is 0 Å². The smallest absolute Gasteiger partial charge is 0.248 e. The van der Waals surface area contributed by atoms with Crippen LogP contribution in [0.15, 0.2) is 29.1 Å². The number of aryl methyl sites for hydroxylation is 1. The molecule has 0 bridgehead atoms. The molecule has 2 N–H and O–H groups in total. The summed E-state index contributed by atoms with van der Waals surface area (Å²) < 4.78 is 0. The van der Waals surface area contributed by atoms with Crippen molar-refractivity contribution in [2.24, 2.45) is 0 Å². The van der Waals surface area contributed by atoms with Crippen LogP contribution in [0.3, 0.4) is 0 Å². The van der Waals surface area contributed by atoms with Gasteiger partial charge in [-0.15, -0.1) is 0 Å². The lowest BCUT2D eigenvalue weighted by Gasteiger charge is -2.03. The summed E-state index contributed by atoms with van der Waals surface area (Å²) in [5.41, 5.74) is 2.38. The number of hydrogen-bond acceptors (Lipinski definition) is 2. The van der Waals surface area contributed by atoms with Crippen molar-refractivity contribution in [1.29, 1.82) is 0 Å². The summed E-state index contributed by atoms with van der Waals surface area (Å²) in [5, 5.41) is 10.0. The summed E-state index contributed by atoms with van der Waals surface area (Å²) in [4.78, 5) is 13.9. The van der Waals surface area contributed by atoms with E-state index in [2.05, 4.69) is 4.98 Å². The molecule has 3 heteroatoms. The number of aromatic amines is 1. The van der Waals surface area contributed by atoms with Crippen LogP contribution in [0.5, 0.6) is 0 Å². The fraction of sp³-hybridized carbons (Fsp3) is 0.182. The van der Waals surface area contributed by atoms with Gasteiger partial charge in [-0.1, -0.05) is 11.6 Å². The zero-order valence-electron chi connectivity index (χ0n) is 7.87. The lowest BCUT2D eigenvalue weighted by atomic mass is 10.1. The average Bonchev–Trinajstić information content (AvgIpc) is 2.17. The van der Waals surface area contributed by atoms with E-state index in [0.29, 0.717) is 5.56 Å². The Hall–Kier alpha value is -1.61. The van der Waals surface area contributed by atoms with E-state index >= 15 is 0 Å². The number of fused-ring (bicyclic) bond motifs is 1. The Labute approximate surface area is 81.0 Å². The second-order valence-corrected chi connectivity index (χ2v) is 3.37. The second-order valence-electron chi connectivity index (χ2n) is 3.37. The maximum Gasteiger partial charge on any atom is 0.248 e. The van der Waals surface area contributed by atoms with Gasteiger partial charge in [-0.25, -0.2) is 0 Å². The van der Waals surface area contributed by atoms with Crippen molar-refractivity contribution in [2.45, 2.75) is 13.5 Å². The molecule has 1 aromatic heterocycles. The molecule has 72 valence electrons. The number of hydrogen-bond donors (Lipinski definition) is 2. The monoisotopic (exact) mass is 189 g/mol. The number of aliphatic hydroxyl groups excluding tert-OH is 1. The van der Waals surface area contributed by atoms with E-state index in [0.717, 1.165) is 16.5 Å². The Morgan fingerprint density at radius 3 is 2.86 bits per heavy atom. The van der Waals surface area contributed by atoms with E-state index in [4.69, 9.17) is 5.11 Å². The van der Waals surface area contributed by atoms with Gasteiger partial charge < -0.3 is 10.1 Å². The first-order valence-corrected chi connectivity index (χ1v) is 4.44. The minimum Gasteiger partial charge on any atom is -0.392 e. The van der Waals surface area contributed by atoms with Crippen molar-refractivity contribution in [3.63, 3.8) is 0 Å². The van der Waals surface area contributed by atoms with Crippen LogP contribution in [0.2, 0.25) is 0 Å². The van der Waals surface area contributed by atoms with E-state index in [-0.39, 0.29) is 12.2 Å². The van der Waals surface area contributed by atoms with Gasteiger partial charge in [0.1, 0.15) is 0 Å². The minimum absolute atomic E-state index is 0.107. The predicted molar refractivity (Wildman–Crippen MR) is 55.2 cm³/mol. The molecule has 2 aromatic rings. The number of aliphatic hydroxyl groups is 1. The van der Waals surface area contributed by atoms with Crippen LogP contribution in [0.25, 0.3) is 10.9 Å². The number of pyridine rings is 1. The van der Waals surface area contributed by atoms with Crippen molar-refractivity contribution < 1.29 is 5.11 Å². The average molecular weight is 189 g/mol. The number of H-pyrrole nitrogens is 1. The first-order valence-electron chi connectivity index (χ1n) is 4.44. The highest BCUT2D eigenvalue weighted by molar-refractivity contribution is 5.82. The normalized spacial score (nSPS) is 10.7. The highest BCUT2D eigenvalue weighted by atomic mass is 16.3. The summed E-state index contributed by atoms with van der Waals surface area (Å²) >= 11 is 0. The highest BCUT2D eigenvalue weighted by Gasteiger charge is 2.01. The Balaban J connectivity index is 2.88. The predicted octanol–water partition coefficient (Wildman–Crippen LogP) is 1.33. The third kappa shape index (κ3) is 1.42. The van der Waals surface area contributed by atoms with E-state index < -0.39 is 0 Å². The highest BCUT2D eigenvalue weighted by Crippen LogP contribution is 2.16. The molecular weight excluding hydrogens is 178 g/mol. The molecule has 0 saturated heterocycles. The first kappa shape index (κ1) is 8.97. The standard InChI is InChI=1S/C11H11NO2/c1-7-2-3-10-9(4-7)8(6-13)5-11(14)12-10/h2-5,13H,6H2,1H3,(H,12,14). The van der Waals surface area contributed by atoms with Crippen molar-refractivity contribution in [3.8, 4) is 0 Å². The number of rotatable bonds is 1. The molecule has 2 rings (SSSR count). The lowest BCUT2D eigenvalue weighted by Crippen LogP contribution is -2.06. The van der Waals surface area contributed by atoms with Crippen LogP contribution >= 0.6 is 0 Å². The zero-order chi connectivity index (χ0) is 10.1. The van der Waals surface area contributed by atoms with Gasteiger partial charge in [0.2, 0.25) is 5.56 Å². The van der Waals surface area contributed by atoms with Crippen LogP contribution < -0.4 is 5.56 Å². The number of benzene rings is 1. The fourth-order valence-electron chi connectivity index (χ4n) is 1.57. The van der Waals surface area contributed by atoms with Gasteiger partial charge in [0.25, 0.3) is 0 Å². The van der Waals surface area contributed by atoms with Crippen molar-refractivity contribution >= 4 is 10.9 Å². The van der Waals surface area contributed by atoms with Gasteiger partial charge in [0, 0.05) is 17.0 Å². The molecular formula is C11H11NO2. The van der Waals surface area contributed by atoms with E-state index in [1.807, 2.05) is 25.1 Å². The van der Waals surface area contributed by atoms with E-state index in [1.54, 1.807) is 0 Å². The van der Waals surface area contributed by atoms with E-state index in [9.17, 15) is 4.79 Å². The fourth-order valence-corrected chi connectivity index (χ4v) is 1.57. The third-order valence-electron chi connectivity index (χ3n) is 2.25. The molecule has 0 atom stereocenters. The summed E-state index contributed by atoms with van der Waals surface area (Å²) in [5.74, 6) is 0. The van der Waals surface area contributed by atoms with Gasteiger partial charge in [0.15, 0.2) is 0 Å². The second kappa shape index (κ2) is 3.27. The van der Waals surface area contributed by atoms with E-state index in [1.165, 1.54) is 6.07 Å². The molecule has 1 aromatic carbocycles. The molecule has 14 heavy (non-hydrogen) atoms. The van der Waals surface area contributed by atoms with Gasteiger partial charge in [-0.05, 0) is 24.6 Å². The molecule has 0 aliphatic rings. The maximum atomic E-state index is 11.2. The Morgan fingerprint density at radius 1 is 1.36 bits per heavy atom. The SMILES string of the molecule is Cc1ccc2[nH]c(=O)cc(CO)c2c1. The summed E-state index contributed by atoms with van der Waals surface area (Å²) in [6.07, 6.45) is 0. The Morgan fingerprint density at radius 2 is 2.14 bits per heavy atom. The Bertz CT molecular complexity index is 528. The maximum absolute atomic E-state index is 11.2. The largest absolute Gasteiger partial charge is 0.392 e. The van der Waals surface area contributed by atoms with Crippen LogP contribution in [-0.4, -0.2) is 10.1 Å². The minimum atomic E-state index is -0.176. The van der Waals surface area contributed by atoms with Crippen LogP contribution in [0.4, 0.5) is 0 Å². The van der Waals surface area contributed by atoms with Crippen LogP contribution in [-0.2, 0) is 6.61 Å². The zero-order valence-corrected chi connectivity index (χ0v) is 7.87. The molecule has 0 fully saturated rings. The molecule has 0 saturated carbocycles. The quantitative estimate of drug-likeness (QED) is 0.711. The van der Waals surface area contributed by atoms with Crippen LogP contribution in [0.1, 0.15) is 11.1 Å². The summed E-state index contributed by atoms with van der Waals surface area (Å²) in [7, 11) is 0. The molecule has 0 unspecified atom stereocenters. The van der Waals surface area contributed by atoms with Gasteiger partial charge in [-0.3, -0.25) is 4.79 Å². The van der Waals surface area contributed by atoms with Crippen molar-refractivity contribution in [1.82, 2.24) is 4.98 Å². The molecule has 0 amide bonds. The third-order valence-corrected chi connectivity index (χ3v) is 2.25. The van der Waals surface area contributed by atoms with Crippen LogP contribution in [0, 0.1) is 6.92 Å². The lowest BCUT2D eigenvalue weighted by molar-refractivity contribution is 0.283. The van der Waals surface area contributed by atoms with Crippen molar-refractivity contribution in [3.05, 3.63) is 45.7 Å². The Kier molecular flexibility index (Phi) is 2.09.